The monoisotopic (exact) mass is 525 g/mol. The second kappa shape index (κ2) is 11.5. The van der Waals surface area contributed by atoms with Gasteiger partial charge in [-0.2, -0.15) is 5.10 Å². The van der Waals surface area contributed by atoms with Crippen molar-refractivity contribution in [3.63, 3.8) is 0 Å². The molecule has 2 aliphatic rings. The molecule has 0 radical (unpaired) electrons. The van der Waals surface area contributed by atoms with Gasteiger partial charge in [-0.1, -0.05) is 18.9 Å². The summed E-state index contributed by atoms with van der Waals surface area (Å²) in [5, 5.41) is 20.7. The largest absolute Gasteiger partial charge is 0.393 e. The molecule has 0 spiro atoms. The van der Waals surface area contributed by atoms with Crippen LogP contribution in [0.4, 0.5) is 11.5 Å². The number of carbonyl (C=O) groups is 1. The molecular weight excluding hydrogens is 490 g/mol. The number of aliphatic hydroxyl groups is 1. The molecule has 0 saturated carbocycles. The molecule has 1 aromatic carbocycles. The van der Waals surface area contributed by atoms with E-state index >= 15 is 0 Å². The van der Waals surface area contributed by atoms with Crippen molar-refractivity contribution < 1.29 is 9.90 Å². The molecule has 0 bridgehead atoms. The highest BCUT2D eigenvalue weighted by Crippen LogP contribution is 2.27. The van der Waals surface area contributed by atoms with Gasteiger partial charge < -0.3 is 15.3 Å². The zero-order valence-corrected chi connectivity index (χ0v) is 22.1. The minimum absolute atomic E-state index is 0.228. The van der Waals surface area contributed by atoms with Crippen LogP contribution in [0.25, 0.3) is 22.0 Å². The minimum atomic E-state index is -0.290. The van der Waals surface area contributed by atoms with Gasteiger partial charge in [-0.3, -0.25) is 19.8 Å². The number of benzene rings is 1. The molecule has 3 aromatic heterocycles. The van der Waals surface area contributed by atoms with Crippen LogP contribution < -0.4 is 10.2 Å². The fraction of sp³-hybridized carbons (Fsp3) is 0.400. The number of anilines is 2. The number of likely N-dealkylation sites (tertiary alicyclic amines) is 1. The normalized spacial score (nSPS) is 17.3. The molecule has 3 N–H and O–H groups in total. The van der Waals surface area contributed by atoms with Crippen molar-refractivity contribution in [1.82, 2.24) is 25.1 Å². The fourth-order valence-electron chi connectivity index (χ4n) is 5.58. The molecule has 4 aromatic rings. The lowest BCUT2D eigenvalue weighted by Crippen LogP contribution is -2.36. The van der Waals surface area contributed by atoms with E-state index in [1.807, 2.05) is 42.7 Å². The summed E-state index contributed by atoms with van der Waals surface area (Å²) in [6, 6.07) is 12.0. The molecule has 0 atom stereocenters. The van der Waals surface area contributed by atoms with Gasteiger partial charge in [0.2, 0.25) is 0 Å². The van der Waals surface area contributed by atoms with Crippen molar-refractivity contribution in [3.8, 4) is 11.1 Å². The SMILES string of the molecule is O=C(Nc1ccc(N2CCC(O)CC2)nc1)c1n[nH]c2ccc(-c3cncc(CN4CCCCCC4)c3)cc12. The smallest absolute Gasteiger partial charge is 0.276 e. The van der Waals surface area contributed by atoms with E-state index in [2.05, 4.69) is 41.3 Å². The van der Waals surface area contributed by atoms with Crippen LogP contribution >= 0.6 is 0 Å². The molecule has 0 unspecified atom stereocenters. The van der Waals surface area contributed by atoms with E-state index in [0.29, 0.717) is 11.4 Å². The number of fused-ring (bicyclic) bond motifs is 1. The number of hydrogen-bond donors (Lipinski definition) is 3. The van der Waals surface area contributed by atoms with Crippen LogP contribution in [0.3, 0.4) is 0 Å². The number of piperidine rings is 1. The van der Waals surface area contributed by atoms with Crippen LogP contribution in [0, 0.1) is 0 Å². The first kappa shape index (κ1) is 25.5. The maximum absolute atomic E-state index is 13.2. The molecule has 2 saturated heterocycles. The van der Waals surface area contributed by atoms with Gasteiger partial charge in [0.15, 0.2) is 5.69 Å². The number of aromatic nitrogens is 4. The average molecular weight is 526 g/mol. The Bertz CT molecular complexity index is 1420. The van der Waals surface area contributed by atoms with E-state index in [9.17, 15) is 9.90 Å². The van der Waals surface area contributed by atoms with E-state index in [4.69, 9.17) is 0 Å². The molecule has 9 nitrogen and oxygen atoms in total. The van der Waals surface area contributed by atoms with Crippen molar-refractivity contribution in [2.75, 3.05) is 36.4 Å². The predicted molar refractivity (Wildman–Crippen MR) is 153 cm³/mol. The minimum Gasteiger partial charge on any atom is -0.393 e. The molecule has 2 aliphatic heterocycles. The van der Waals surface area contributed by atoms with Crippen LogP contribution in [0.5, 0.6) is 0 Å². The topological polar surface area (TPSA) is 110 Å². The highest BCUT2D eigenvalue weighted by molar-refractivity contribution is 6.11. The molecule has 6 rings (SSSR count). The number of aliphatic hydroxyl groups excluding tert-OH is 1. The maximum Gasteiger partial charge on any atom is 0.276 e. The van der Waals surface area contributed by atoms with E-state index in [1.54, 1.807) is 6.20 Å². The molecule has 202 valence electrons. The number of nitrogens with one attached hydrogen (secondary N) is 2. The third kappa shape index (κ3) is 5.94. The zero-order chi connectivity index (χ0) is 26.6. The Morgan fingerprint density at radius 2 is 1.77 bits per heavy atom. The van der Waals surface area contributed by atoms with E-state index in [1.165, 1.54) is 31.2 Å². The second-order valence-electron chi connectivity index (χ2n) is 10.7. The van der Waals surface area contributed by atoms with Gasteiger partial charge in [0.1, 0.15) is 5.82 Å². The lowest BCUT2D eigenvalue weighted by molar-refractivity contribution is 0.102. The van der Waals surface area contributed by atoms with Crippen molar-refractivity contribution in [2.24, 2.45) is 0 Å². The Morgan fingerprint density at radius 1 is 0.949 bits per heavy atom. The number of aromatic amines is 1. The number of carbonyl (C=O) groups excluding carboxylic acids is 1. The summed E-state index contributed by atoms with van der Waals surface area (Å²) in [5.74, 6) is 0.559. The number of H-pyrrole nitrogens is 1. The van der Waals surface area contributed by atoms with Gasteiger partial charge in [-0.05, 0) is 80.2 Å². The standard InChI is InChI=1S/C30H35N7O2/c38-25-9-13-37(14-10-25)28-8-6-24(19-32-28)33-30(39)29-26-16-22(5-7-27(26)34-35-29)23-15-21(17-31-18-23)20-36-11-3-1-2-4-12-36/h5-8,15-19,25,38H,1-4,9-14,20H2,(H,33,39)(H,34,35). The first-order valence-corrected chi connectivity index (χ1v) is 14.0. The van der Waals surface area contributed by atoms with E-state index < -0.39 is 0 Å². The molecular formula is C30H35N7O2. The summed E-state index contributed by atoms with van der Waals surface area (Å²) >= 11 is 0. The quantitative estimate of drug-likeness (QED) is 0.337. The summed E-state index contributed by atoms with van der Waals surface area (Å²) in [7, 11) is 0. The highest BCUT2D eigenvalue weighted by Gasteiger charge is 2.19. The summed E-state index contributed by atoms with van der Waals surface area (Å²) in [5.41, 5.74) is 4.99. The van der Waals surface area contributed by atoms with Gasteiger partial charge in [0, 0.05) is 43.0 Å². The van der Waals surface area contributed by atoms with Gasteiger partial charge >= 0.3 is 0 Å². The first-order chi connectivity index (χ1) is 19.1. The molecule has 39 heavy (non-hydrogen) atoms. The predicted octanol–water partition coefficient (Wildman–Crippen LogP) is 4.61. The van der Waals surface area contributed by atoms with Crippen LogP contribution in [0.2, 0.25) is 0 Å². The zero-order valence-electron chi connectivity index (χ0n) is 22.1. The Hall–Kier alpha value is -3.82. The lowest BCUT2D eigenvalue weighted by Gasteiger charge is -2.30. The van der Waals surface area contributed by atoms with Crippen LogP contribution in [0.15, 0.2) is 55.0 Å². The van der Waals surface area contributed by atoms with E-state index in [0.717, 1.165) is 73.4 Å². The lowest BCUT2D eigenvalue weighted by atomic mass is 10.0. The highest BCUT2D eigenvalue weighted by atomic mass is 16.3. The Balaban J connectivity index is 1.17. The number of pyridine rings is 2. The van der Waals surface area contributed by atoms with Crippen molar-refractivity contribution >= 4 is 28.3 Å². The van der Waals surface area contributed by atoms with Crippen LogP contribution in [-0.2, 0) is 6.54 Å². The van der Waals surface area contributed by atoms with Gasteiger partial charge in [0.25, 0.3) is 5.91 Å². The summed E-state index contributed by atoms with van der Waals surface area (Å²) in [4.78, 5) is 26.9. The van der Waals surface area contributed by atoms with Crippen LogP contribution in [0.1, 0.15) is 54.6 Å². The van der Waals surface area contributed by atoms with Crippen molar-refractivity contribution in [3.05, 3.63) is 66.2 Å². The molecule has 1 amide bonds. The number of nitrogens with zero attached hydrogens (tertiary/aromatic N) is 5. The maximum atomic E-state index is 13.2. The average Bonchev–Trinajstić information content (AvgIpc) is 3.22. The Kier molecular flexibility index (Phi) is 7.51. The summed E-state index contributed by atoms with van der Waals surface area (Å²) < 4.78 is 0. The van der Waals surface area contributed by atoms with Gasteiger partial charge in [0.05, 0.1) is 23.5 Å². The van der Waals surface area contributed by atoms with Crippen molar-refractivity contribution in [1.29, 1.82) is 0 Å². The first-order valence-electron chi connectivity index (χ1n) is 14.0. The third-order valence-corrected chi connectivity index (χ3v) is 7.81. The number of hydrogen-bond acceptors (Lipinski definition) is 7. The van der Waals surface area contributed by atoms with Crippen LogP contribution in [-0.4, -0.2) is 68.4 Å². The molecule has 0 aliphatic carbocycles. The van der Waals surface area contributed by atoms with Crippen molar-refractivity contribution in [2.45, 2.75) is 51.2 Å². The number of rotatable bonds is 6. The van der Waals surface area contributed by atoms with E-state index in [-0.39, 0.29) is 12.0 Å². The molecule has 2 fully saturated rings. The molecule has 5 heterocycles. The Morgan fingerprint density at radius 3 is 2.54 bits per heavy atom. The summed E-state index contributed by atoms with van der Waals surface area (Å²) in [6.45, 7) is 4.75. The second-order valence-corrected chi connectivity index (χ2v) is 10.7. The van der Waals surface area contributed by atoms with Gasteiger partial charge in [-0.25, -0.2) is 4.98 Å². The Labute approximate surface area is 228 Å². The summed E-state index contributed by atoms with van der Waals surface area (Å²) in [6.07, 6.45) is 11.9. The number of amides is 1. The fourth-order valence-corrected chi connectivity index (χ4v) is 5.58. The van der Waals surface area contributed by atoms with Gasteiger partial charge in [-0.15, -0.1) is 0 Å². The molecule has 9 heteroatoms. The third-order valence-electron chi connectivity index (χ3n) is 7.81.